The number of carbonyl (C=O) groups is 1. The van der Waals surface area contributed by atoms with Crippen molar-refractivity contribution in [1.29, 1.82) is 0 Å². The van der Waals surface area contributed by atoms with Crippen LogP contribution in [0.15, 0.2) is 24.3 Å². The van der Waals surface area contributed by atoms with Crippen LogP contribution in [0.1, 0.15) is 43.9 Å². The van der Waals surface area contributed by atoms with Gasteiger partial charge in [-0.15, -0.1) is 0 Å². The minimum absolute atomic E-state index is 0.0118. The highest BCUT2D eigenvalue weighted by molar-refractivity contribution is 5.76. The van der Waals surface area contributed by atoms with E-state index >= 15 is 0 Å². The predicted octanol–water partition coefficient (Wildman–Crippen LogP) is 2.33. The zero-order valence-corrected chi connectivity index (χ0v) is 10.7. The molecule has 0 radical (unpaired) electrons. The molecule has 0 fully saturated rings. The second-order valence-corrected chi connectivity index (χ2v) is 4.53. The minimum atomic E-state index is -0.422. The lowest BCUT2D eigenvalue weighted by Crippen LogP contribution is -2.27. The van der Waals surface area contributed by atoms with Gasteiger partial charge in [0.25, 0.3) is 0 Å². The molecule has 1 aromatic carbocycles. The summed E-state index contributed by atoms with van der Waals surface area (Å²) in [4.78, 5) is 11.6. The quantitative estimate of drug-likeness (QED) is 0.823. The number of hydrogen-bond acceptors (Lipinski definition) is 2. The van der Waals surface area contributed by atoms with Crippen molar-refractivity contribution in [3.05, 3.63) is 35.4 Å². The monoisotopic (exact) mass is 235 g/mol. The highest BCUT2D eigenvalue weighted by atomic mass is 16.3. The van der Waals surface area contributed by atoms with Crippen LogP contribution >= 0.6 is 0 Å². The van der Waals surface area contributed by atoms with Gasteiger partial charge in [0.15, 0.2) is 0 Å². The molecule has 0 aromatic heterocycles. The topological polar surface area (TPSA) is 49.3 Å². The molecule has 1 unspecified atom stereocenters. The van der Waals surface area contributed by atoms with E-state index in [2.05, 4.69) is 5.32 Å². The Morgan fingerprint density at radius 1 is 1.35 bits per heavy atom. The van der Waals surface area contributed by atoms with Crippen LogP contribution in [0.4, 0.5) is 0 Å². The van der Waals surface area contributed by atoms with Crippen molar-refractivity contribution < 1.29 is 9.90 Å². The molecule has 1 aromatic rings. The lowest BCUT2D eigenvalue weighted by atomic mass is 10.0. The number of amides is 1. The normalized spacial score (nSPS) is 14.1. The van der Waals surface area contributed by atoms with Gasteiger partial charge in [-0.05, 0) is 38.3 Å². The van der Waals surface area contributed by atoms with Gasteiger partial charge in [0, 0.05) is 6.42 Å². The van der Waals surface area contributed by atoms with Gasteiger partial charge in [0.05, 0.1) is 12.1 Å². The fourth-order valence-corrected chi connectivity index (χ4v) is 1.80. The summed E-state index contributed by atoms with van der Waals surface area (Å²) in [7, 11) is 0. The first kappa shape index (κ1) is 13.7. The minimum Gasteiger partial charge on any atom is -0.393 e. The van der Waals surface area contributed by atoms with Crippen molar-refractivity contribution in [2.75, 3.05) is 0 Å². The van der Waals surface area contributed by atoms with Gasteiger partial charge in [-0.25, -0.2) is 0 Å². The van der Waals surface area contributed by atoms with E-state index in [-0.39, 0.29) is 11.9 Å². The Balaban J connectivity index is 2.52. The molecule has 0 aliphatic rings. The van der Waals surface area contributed by atoms with Gasteiger partial charge < -0.3 is 10.4 Å². The molecule has 3 heteroatoms. The number of aliphatic hydroxyl groups is 1. The van der Waals surface area contributed by atoms with Crippen molar-refractivity contribution in [1.82, 2.24) is 5.32 Å². The first-order valence-electron chi connectivity index (χ1n) is 6.03. The Kier molecular flexibility index (Phi) is 5.16. The zero-order valence-electron chi connectivity index (χ0n) is 10.7. The van der Waals surface area contributed by atoms with E-state index in [0.29, 0.717) is 12.8 Å². The van der Waals surface area contributed by atoms with Gasteiger partial charge in [-0.3, -0.25) is 4.79 Å². The maximum Gasteiger partial charge on any atom is 0.220 e. The van der Waals surface area contributed by atoms with E-state index < -0.39 is 6.10 Å². The molecule has 3 nitrogen and oxygen atoms in total. The molecule has 94 valence electrons. The summed E-state index contributed by atoms with van der Waals surface area (Å²) < 4.78 is 0. The summed E-state index contributed by atoms with van der Waals surface area (Å²) >= 11 is 0. The molecule has 0 aliphatic heterocycles. The molecule has 0 bridgehead atoms. The van der Waals surface area contributed by atoms with Crippen molar-refractivity contribution in [2.24, 2.45) is 0 Å². The van der Waals surface area contributed by atoms with Crippen molar-refractivity contribution in [3.63, 3.8) is 0 Å². The Morgan fingerprint density at radius 2 is 2.00 bits per heavy atom. The number of carbonyl (C=O) groups excluding carboxylic acids is 1. The lowest BCUT2D eigenvalue weighted by molar-refractivity contribution is -0.122. The molecule has 0 spiro atoms. The Labute approximate surface area is 103 Å². The van der Waals surface area contributed by atoms with Crippen LogP contribution in [-0.2, 0) is 4.79 Å². The first-order chi connectivity index (χ1) is 8.00. The number of benzene rings is 1. The largest absolute Gasteiger partial charge is 0.393 e. The Morgan fingerprint density at radius 3 is 2.59 bits per heavy atom. The van der Waals surface area contributed by atoms with Crippen LogP contribution in [0.25, 0.3) is 0 Å². The summed E-state index contributed by atoms with van der Waals surface area (Å²) in [6.07, 6.45) is 0.453. The third-order valence-corrected chi connectivity index (χ3v) is 2.82. The fourth-order valence-electron chi connectivity index (χ4n) is 1.80. The second kappa shape index (κ2) is 6.40. The summed E-state index contributed by atoms with van der Waals surface area (Å²) in [6, 6.07) is 8.03. The van der Waals surface area contributed by atoms with Crippen LogP contribution in [0, 0.1) is 6.92 Å². The van der Waals surface area contributed by atoms with Crippen LogP contribution in [0.2, 0.25) is 0 Å². The zero-order chi connectivity index (χ0) is 12.8. The number of aryl methyl sites for hydroxylation is 1. The molecule has 17 heavy (non-hydrogen) atoms. The van der Waals surface area contributed by atoms with Crippen LogP contribution in [0.3, 0.4) is 0 Å². The Bertz CT molecular complexity index is 374. The van der Waals surface area contributed by atoms with E-state index in [1.54, 1.807) is 6.92 Å². The summed E-state index contributed by atoms with van der Waals surface area (Å²) in [5.74, 6) is -0.0124. The third-order valence-electron chi connectivity index (χ3n) is 2.82. The lowest BCUT2D eigenvalue weighted by Gasteiger charge is -2.16. The van der Waals surface area contributed by atoms with Crippen molar-refractivity contribution >= 4 is 5.91 Å². The number of aliphatic hydroxyl groups excluding tert-OH is 1. The molecule has 1 amide bonds. The summed E-state index contributed by atoms with van der Waals surface area (Å²) in [5.41, 5.74) is 2.31. The van der Waals surface area contributed by atoms with E-state index in [1.165, 1.54) is 5.56 Å². The molecular weight excluding hydrogens is 214 g/mol. The first-order valence-corrected chi connectivity index (χ1v) is 6.03. The number of hydrogen-bond donors (Lipinski definition) is 2. The molecule has 1 rings (SSSR count). The highest BCUT2D eigenvalue weighted by Gasteiger charge is 2.11. The molecule has 0 saturated carbocycles. The van der Waals surface area contributed by atoms with Crippen LogP contribution < -0.4 is 5.32 Å². The average Bonchev–Trinajstić information content (AvgIpc) is 2.26. The standard InChI is InChI=1S/C14H21NO2/c1-10-6-4-5-7-13(10)12(3)15-14(17)9-8-11(2)16/h4-7,11-12,16H,8-9H2,1-3H3,(H,15,17)/t11?,12-/m0/s1. The van der Waals surface area contributed by atoms with Crippen LogP contribution in [0.5, 0.6) is 0 Å². The molecule has 2 atom stereocenters. The number of rotatable bonds is 5. The summed E-state index contributed by atoms with van der Waals surface area (Å²) in [5, 5.41) is 12.1. The van der Waals surface area contributed by atoms with Gasteiger partial charge in [-0.2, -0.15) is 0 Å². The van der Waals surface area contributed by atoms with E-state index in [1.807, 2.05) is 38.1 Å². The maximum atomic E-state index is 11.6. The van der Waals surface area contributed by atoms with Crippen LogP contribution in [-0.4, -0.2) is 17.1 Å². The highest BCUT2D eigenvalue weighted by Crippen LogP contribution is 2.16. The van der Waals surface area contributed by atoms with Crippen molar-refractivity contribution in [3.8, 4) is 0 Å². The third kappa shape index (κ3) is 4.57. The smallest absolute Gasteiger partial charge is 0.220 e. The number of nitrogens with one attached hydrogen (secondary N) is 1. The van der Waals surface area contributed by atoms with E-state index in [4.69, 9.17) is 5.11 Å². The Hall–Kier alpha value is -1.35. The van der Waals surface area contributed by atoms with Gasteiger partial charge in [0.1, 0.15) is 0 Å². The van der Waals surface area contributed by atoms with E-state index in [9.17, 15) is 4.79 Å². The summed E-state index contributed by atoms with van der Waals surface area (Å²) in [6.45, 7) is 5.70. The molecule has 0 saturated heterocycles. The molecule has 0 heterocycles. The molecule has 2 N–H and O–H groups in total. The van der Waals surface area contributed by atoms with Gasteiger partial charge >= 0.3 is 0 Å². The predicted molar refractivity (Wildman–Crippen MR) is 68.7 cm³/mol. The fraction of sp³-hybridized carbons (Fsp3) is 0.500. The second-order valence-electron chi connectivity index (χ2n) is 4.53. The van der Waals surface area contributed by atoms with Gasteiger partial charge in [0.2, 0.25) is 5.91 Å². The SMILES string of the molecule is Cc1ccccc1[C@H](C)NC(=O)CCC(C)O. The average molecular weight is 235 g/mol. The maximum absolute atomic E-state index is 11.6. The van der Waals surface area contributed by atoms with E-state index in [0.717, 1.165) is 5.56 Å². The molecule has 0 aliphatic carbocycles. The van der Waals surface area contributed by atoms with Crippen molar-refractivity contribution in [2.45, 2.75) is 45.8 Å². The molecular formula is C14H21NO2. The van der Waals surface area contributed by atoms with Gasteiger partial charge in [-0.1, -0.05) is 24.3 Å².